The minimum Gasteiger partial charge on any atom is -0.349 e. The molecule has 26 heavy (non-hydrogen) atoms. The first-order valence-electron chi connectivity index (χ1n) is 10.1. The number of hydrogen-bond donors (Lipinski definition) is 1. The summed E-state index contributed by atoms with van der Waals surface area (Å²) in [5.41, 5.74) is 1.80. The van der Waals surface area contributed by atoms with Crippen LogP contribution in [0.4, 0.5) is 0 Å². The normalized spacial score (nSPS) is 26.4. The van der Waals surface area contributed by atoms with E-state index in [1.54, 1.807) is 0 Å². The standard InChI is InChI=1S/C22H32N2O2/c1-15(2)19-11-6-16(3)13-20(19)23-22(26)18-9-7-17(8-10-18)14-24-12-4-5-21(24)25/h7-10,15-16,19-20H,4-6,11-14H2,1-3H3,(H,23,26). The van der Waals surface area contributed by atoms with Crippen LogP contribution in [0.3, 0.4) is 0 Å². The fraction of sp³-hybridized carbons (Fsp3) is 0.636. The second-order valence-electron chi connectivity index (χ2n) is 8.52. The van der Waals surface area contributed by atoms with Gasteiger partial charge in [0.1, 0.15) is 0 Å². The van der Waals surface area contributed by atoms with E-state index >= 15 is 0 Å². The number of rotatable bonds is 5. The Morgan fingerprint density at radius 1 is 1.23 bits per heavy atom. The molecule has 1 N–H and O–H groups in total. The number of benzene rings is 1. The van der Waals surface area contributed by atoms with Crippen molar-refractivity contribution in [2.45, 2.75) is 65.5 Å². The summed E-state index contributed by atoms with van der Waals surface area (Å²) >= 11 is 0. The first-order valence-corrected chi connectivity index (χ1v) is 10.1. The molecule has 2 amide bonds. The third-order valence-corrected chi connectivity index (χ3v) is 6.10. The molecular formula is C22H32N2O2. The number of nitrogens with zero attached hydrogens (tertiary/aromatic N) is 1. The maximum atomic E-state index is 12.7. The molecule has 1 aromatic rings. The van der Waals surface area contributed by atoms with Crippen molar-refractivity contribution >= 4 is 11.8 Å². The maximum absolute atomic E-state index is 12.7. The lowest BCUT2D eigenvalue weighted by Crippen LogP contribution is -2.45. The molecule has 4 nitrogen and oxygen atoms in total. The smallest absolute Gasteiger partial charge is 0.251 e. The van der Waals surface area contributed by atoms with Crippen molar-refractivity contribution in [1.29, 1.82) is 0 Å². The van der Waals surface area contributed by atoms with Gasteiger partial charge in [0.15, 0.2) is 0 Å². The number of carbonyl (C=O) groups is 2. The van der Waals surface area contributed by atoms with Gasteiger partial charge in [-0.1, -0.05) is 39.3 Å². The van der Waals surface area contributed by atoms with Crippen LogP contribution in [0.1, 0.15) is 68.8 Å². The van der Waals surface area contributed by atoms with Crippen molar-refractivity contribution in [2.24, 2.45) is 17.8 Å². The Kier molecular flexibility index (Phi) is 6.00. The Morgan fingerprint density at radius 3 is 2.58 bits per heavy atom. The molecule has 0 radical (unpaired) electrons. The van der Waals surface area contributed by atoms with Gasteiger partial charge >= 0.3 is 0 Å². The Labute approximate surface area is 157 Å². The molecule has 1 heterocycles. The van der Waals surface area contributed by atoms with E-state index in [1.807, 2.05) is 29.2 Å². The van der Waals surface area contributed by atoms with Crippen LogP contribution in [0.25, 0.3) is 0 Å². The predicted octanol–water partition coefficient (Wildman–Crippen LogP) is 4.00. The second kappa shape index (κ2) is 8.24. The molecule has 0 aromatic heterocycles. The summed E-state index contributed by atoms with van der Waals surface area (Å²) in [5.74, 6) is 2.09. The van der Waals surface area contributed by atoms with Gasteiger partial charge < -0.3 is 10.2 Å². The maximum Gasteiger partial charge on any atom is 0.251 e. The highest BCUT2D eigenvalue weighted by atomic mass is 16.2. The molecule has 3 rings (SSSR count). The van der Waals surface area contributed by atoms with Crippen molar-refractivity contribution in [2.75, 3.05) is 6.54 Å². The number of likely N-dealkylation sites (tertiary alicyclic amines) is 1. The molecule has 1 aliphatic carbocycles. The summed E-state index contributed by atoms with van der Waals surface area (Å²) < 4.78 is 0. The molecule has 2 aliphatic rings. The van der Waals surface area contributed by atoms with Crippen molar-refractivity contribution in [3.05, 3.63) is 35.4 Å². The quantitative estimate of drug-likeness (QED) is 0.867. The summed E-state index contributed by atoms with van der Waals surface area (Å²) in [4.78, 5) is 26.4. The van der Waals surface area contributed by atoms with Crippen LogP contribution in [-0.2, 0) is 11.3 Å². The first-order chi connectivity index (χ1) is 12.4. The van der Waals surface area contributed by atoms with E-state index in [0.717, 1.165) is 24.9 Å². The van der Waals surface area contributed by atoms with Crippen molar-refractivity contribution < 1.29 is 9.59 Å². The van der Waals surface area contributed by atoms with Crippen LogP contribution >= 0.6 is 0 Å². The number of carbonyl (C=O) groups excluding carboxylic acids is 2. The van der Waals surface area contributed by atoms with E-state index in [9.17, 15) is 9.59 Å². The topological polar surface area (TPSA) is 49.4 Å². The lowest BCUT2D eigenvalue weighted by Gasteiger charge is -2.37. The minimum atomic E-state index is 0.0264. The summed E-state index contributed by atoms with van der Waals surface area (Å²) in [6.45, 7) is 8.29. The zero-order valence-corrected chi connectivity index (χ0v) is 16.3. The van der Waals surface area contributed by atoms with Gasteiger partial charge in [-0.15, -0.1) is 0 Å². The summed E-state index contributed by atoms with van der Waals surface area (Å²) in [5, 5.41) is 3.29. The van der Waals surface area contributed by atoms with Gasteiger partial charge in [-0.2, -0.15) is 0 Å². The summed E-state index contributed by atoms with van der Waals surface area (Å²) in [6.07, 6.45) is 5.16. The fourth-order valence-electron chi connectivity index (χ4n) is 4.47. The zero-order chi connectivity index (χ0) is 18.7. The Bertz CT molecular complexity index is 638. The fourth-order valence-corrected chi connectivity index (χ4v) is 4.47. The number of nitrogens with one attached hydrogen (secondary N) is 1. The van der Waals surface area contributed by atoms with E-state index in [0.29, 0.717) is 36.3 Å². The largest absolute Gasteiger partial charge is 0.349 e. The van der Waals surface area contributed by atoms with Crippen LogP contribution in [0, 0.1) is 17.8 Å². The van der Waals surface area contributed by atoms with Gasteiger partial charge in [0.25, 0.3) is 5.91 Å². The molecule has 1 saturated carbocycles. The van der Waals surface area contributed by atoms with Gasteiger partial charge in [0, 0.05) is 31.1 Å². The van der Waals surface area contributed by atoms with E-state index in [1.165, 1.54) is 12.8 Å². The van der Waals surface area contributed by atoms with E-state index < -0.39 is 0 Å². The predicted molar refractivity (Wildman–Crippen MR) is 104 cm³/mol. The van der Waals surface area contributed by atoms with Crippen LogP contribution in [-0.4, -0.2) is 29.3 Å². The van der Waals surface area contributed by atoms with Crippen molar-refractivity contribution in [1.82, 2.24) is 10.2 Å². The number of amides is 2. The van der Waals surface area contributed by atoms with Crippen LogP contribution < -0.4 is 5.32 Å². The molecule has 3 unspecified atom stereocenters. The van der Waals surface area contributed by atoms with Gasteiger partial charge in [-0.3, -0.25) is 9.59 Å². The molecule has 1 aliphatic heterocycles. The van der Waals surface area contributed by atoms with E-state index in [-0.39, 0.29) is 17.9 Å². The molecule has 0 spiro atoms. The van der Waals surface area contributed by atoms with E-state index in [2.05, 4.69) is 26.1 Å². The summed E-state index contributed by atoms with van der Waals surface area (Å²) in [6, 6.07) is 8.01. The highest BCUT2D eigenvalue weighted by molar-refractivity contribution is 5.94. The molecule has 1 saturated heterocycles. The second-order valence-corrected chi connectivity index (χ2v) is 8.52. The van der Waals surface area contributed by atoms with Gasteiger partial charge in [0.2, 0.25) is 5.91 Å². The van der Waals surface area contributed by atoms with Crippen LogP contribution in [0.5, 0.6) is 0 Å². The van der Waals surface area contributed by atoms with Crippen molar-refractivity contribution in [3.63, 3.8) is 0 Å². The van der Waals surface area contributed by atoms with Gasteiger partial charge in [-0.25, -0.2) is 0 Å². The summed E-state index contributed by atoms with van der Waals surface area (Å²) in [7, 11) is 0. The Balaban J connectivity index is 1.61. The van der Waals surface area contributed by atoms with Gasteiger partial charge in [0.05, 0.1) is 0 Å². The minimum absolute atomic E-state index is 0.0264. The molecule has 142 valence electrons. The average Bonchev–Trinajstić information content (AvgIpc) is 3.00. The van der Waals surface area contributed by atoms with Crippen LogP contribution in [0.2, 0.25) is 0 Å². The van der Waals surface area contributed by atoms with Crippen LogP contribution in [0.15, 0.2) is 24.3 Å². The number of hydrogen-bond acceptors (Lipinski definition) is 2. The molecule has 2 fully saturated rings. The van der Waals surface area contributed by atoms with Crippen molar-refractivity contribution in [3.8, 4) is 0 Å². The zero-order valence-electron chi connectivity index (χ0n) is 16.3. The molecule has 0 bridgehead atoms. The van der Waals surface area contributed by atoms with Gasteiger partial charge in [-0.05, 0) is 54.7 Å². The molecule has 1 aromatic carbocycles. The monoisotopic (exact) mass is 356 g/mol. The Morgan fingerprint density at radius 2 is 1.96 bits per heavy atom. The lowest BCUT2D eigenvalue weighted by molar-refractivity contribution is -0.128. The third-order valence-electron chi connectivity index (χ3n) is 6.10. The molecule has 3 atom stereocenters. The molecule has 4 heteroatoms. The average molecular weight is 357 g/mol. The van der Waals surface area contributed by atoms with E-state index in [4.69, 9.17) is 0 Å². The first kappa shape index (κ1) is 18.9. The lowest BCUT2D eigenvalue weighted by atomic mass is 9.74. The SMILES string of the molecule is CC1CCC(C(C)C)C(NC(=O)c2ccc(CN3CCCC3=O)cc2)C1. The third kappa shape index (κ3) is 4.46. The Hall–Kier alpha value is -1.84. The highest BCUT2D eigenvalue weighted by Crippen LogP contribution is 2.33. The molecular weight excluding hydrogens is 324 g/mol. The highest BCUT2D eigenvalue weighted by Gasteiger charge is 2.31.